The molecule has 2 nitrogen and oxygen atoms in total. The minimum absolute atomic E-state index is 0.465. The second-order valence-electron chi connectivity index (χ2n) is 5.95. The van der Waals surface area contributed by atoms with Gasteiger partial charge in [0, 0.05) is 29.7 Å². The number of benzene rings is 1. The Morgan fingerprint density at radius 3 is 3.05 bits per heavy atom. The van der Waals surface area contributed by atoms with Crippen molar-refractivity contribution in [1.29, 1.82) is 0 Å². The molecule has 0 amide bonds. The lowest BCUT2D eigenvalue weighted by Gasteiger charge is -2.35. The van der Waals surface area contributed by atoms with Crippen molar-refractivity contribution in [2.75, 3.05) is 13.1 Å². The molecule has 0 radical (unpaired) electrons. The van der Waals surface area contributed by atoms with Crippen LogP contribution in [0.5, 0.6) is 0 Å². The summed E-state index contributed by atoms with van der Waals surface area (Å²) in [4.78, 5) is 6.23. The number of allylic oxidation sites excluding steroid dienone is 1. The number of H-pyrrole nitrogens is 1. The van der Waals surface area contributed by atoms with Crippen LogP contribution in [-0.4, -0.2) is 23.0 Å². The Balaban J connectivity index is 1.92. The van der Waals surface area contributed by atoms with E-state index in [0.717, 1.165) is 38.8 Å². The van der Waals surface area contributed by atoms with Crippen molar-refractivity contribution < 1.29 is 0 Å². The van der Waals surface area contributed by atoms with Gasteiger partial charge in [0.25, 0.3) is 0 Å². The fraction of sp³-hybridized carbons (Fsp3) is 0.350. The van der Waals surface area contributed by atoms with Gasteiger partial charge in [0.05, 0.1) is 6.04 Å². The zero-order valence-electron chi connectivity index (χ0n) is 13.1. The van der Waals surface area contributed by atoms with Crippen LogP contribution < -0.4 is 0 Å². The van der Waals surface area contributed by atoms with Crippen molar-refractivity contribution in [3.8, 4) is 0 Å². The van der Waals surface area contributed by atoms with Crippen molar-refractivity contribution in [2.24, 2.45) is 0 Å². The number of nitrogens with zero attached hydrogens (tertiary/aromatic N) is 1. The summed E-state index contributed by atoms with van der Waals surface area (Å²) in [7, 11) is 0. The highest BCUT2D eigenvalue weighted by molar-refractivity contribution is 5.85. The predicted octanol–water partition coefficient (Wildman–Crippen LogP) is 4.76. The van der Waals surface area contributed by atoms with Gasteiger partial charge >= 0.3 is 0 Å². The largest absolute Gasteiger partial charge is 0.357 e. The first-order chi connectivity index (χ1) is 10.8. The van der Waals surface area contributed by atoms with E-state index in [2.05, 4.69) is 53.0 Å². The summed E-state index contributed by atoms with van der Waals surface area (Å²) in [6.07, 6.45) is 8.55. The van der Waals surface area contributed by atoms with E-state index in [1.807, 2.05) is 12.2 Å². The first-order valence-electron chi connectivity index (χ1n) is 8.14. The van der Waals surface area contributed by atoms with Crippen LogP contribution in [0.15, 0.2) is 55.3 Å². The van der Waals surface area contributed by atoms with E-state index in [0.29, 0.717) is 6.04 Å². The van der Waals surface area contributed by atoms with Crippen molar-refractivity contribution >= 4 is 10.9 Å². The molecular formula is C20H24N2. The van der Waals surface area contributed by atoms with Gasteiger partial charge in [-0.15, -0.1) is 12.3 Å². The Hall–Kier alpha value is -2.02. The molecule has 1 aliphatic rings. The zero-order valence-corrected chi connectivity index (χ0v) is 13.1. The number of para-hydroxylation sites is 1. The first-order valence-corrected chi connectivity index (χ1v) is 8.14. The smallest absolute Gasteiger partial charge is 0.0505 e. The highest BCUT2D eigenvalue weighted by atomic mass is 15.2. The molecule has 1 aliphatic heterocycles. The third-order valence-corrected chi connectivity index (χ3v) is 4.60. The molecule has 3 rings (SSSR count). The fourth-order valence-corrected chi connectivity index (χ4v) is 3.60. The van der Waals surface area contributed by atoms with Crippen LogP contribution in [0.1, 0.15) is 36.6 Å². The average Bonchev–Trinajstić information content (AvgIpc) is 2.92. The summed E-state index contributed by atoms with van der Waals surface area (Å²) in [5.74, 6) is 0. The maximum absolute atomic E-state index is 3.92. The standard InChI is InChI=1S/C20H24N2/c1-3-5-6-7-12-19-20-17(13-15-22(19)14-4-2)16-10-8-9-11-18(16)21-20/h4-5,8-11,19,21H,1-2,6-7,12-15H2/t19-/m0/s1. The first kappa shape index (κ1) is 14.9. The van der Waals surface area contributed by atoms with Crippen LogP contribution in [-0.2, 0) is 6.42 Å². The molecule has 1 N–H and O–H groups in total. The van der Waals surface area contributed by atoms with Gasteiger partial charge in [-0.05, 0) is 43.4 Å². The number of unbranched alkanes of at least 4 members (excludes halogenated alkanes) is 1. The Morgan fingerprint density at radius 2 is 2.23 bits per heavy atom. The molecular weight excluding hydrogens is 268 g/mol. The molecule has 22 heavy (non-hydrogen) atoms. The Kier molecular flexibility index (Phi) is 4.62. The second kappa shape index (κ2) is 6.83. The van der Waals surface area contributed by atoms with E-state index >= 15 is 0 Å². The Labute approximate surface area is 132 Å². The average molecular weight is 292 g/mol. The van der Waals surface area contributed by atoms with Crippen molar-refractivity contribution in [2.45, 2.75) is 31.7 Å². The number of rotatable bonds is 6. The maximum atomic E-state index is 3.92. The molecule has 0 aliphatic carbocycles. The Bertz CT molecular complexity index is 704. The van der Waals surface area contributed by atoms with Gasteiger partial charge in [0.15, 0.2) is 0 Å². The minimum atomic E-state index is 0.465. The normalized spacial score (nSPS) is 17.9. The SMILES string of the molecule is C=C=CCCC[C@H]1c2[nH]c3ccccc3c2CCN1CC=C. The van der Waals surface area contributed by atoms with E-state index in [4.69, 9.17) is 0 Å². The van der Waals surface area contributed by atoms with Gasteiger partial charge in [-0.1, -0.05) is 30.9 Å². The summed E-state index contributed by atoms with van der Waals surface area (Å²) in [5.41, 5.74) is 7.07. The van der Waals surface area contributed by atoms with E-state index in [-0.39, 0.29) is 0 Å². The van der Waals surface area contributed by atoms with Crippen LogP contribution in [0.2, 0.25) is 0 Å². The third-order valence-electron chi connectivity index (χ3n) is 4.60. The highest BCUT2D eigenvalue weighted by Gasteiger charge is 2.28. The molecule has 0 fully saturated rings. The summed E-state index contributed by atoms with van der Waals surface area (Å²) >= 11 is 0. The molecule has 2 heterocycles. The zero-order chi connectivity index (χ0) is 15.4. The van der Waals surface area contributed by atoms with Crippen molar-refractivity contribution in [3.63, 3.8) is 0 Å². The number of hydrogen-bond acceptors (Lipinski definition) is 1. The molecule has 114 valence electrons. The third kappa shape index (κ3) is 2.81. The Morgan fingerprint density at radius 1 is 1.36 bits per heavy atom. The molecule has 0 saturated heterocycles. The molecule has 2 aromatic rings. The van der Waals surface area contributed by atoms with Crippen LogP contribution in [0.4, 0.5) is 0 Å². The number of aromatic nitrogens is 1. The van der Waals surface area contributed by atoms with Crippen molar-refractivity contribution in [3.05, 3.63) is 66.6 Å². The molecule has 0 bridgehead atoms. The van der Waals surface area contributed by atoms with E-state index in [1.54, 1.807) is 0 Å². The topological polar surface area (TPSA) is 19.0 Å². The van der Waals surface area contributed by atoms with Crippen LogP contribution >= 0.6 is 0 Å². The number of hydrogen-bond donors (Lipinski definition) is 1. The lowest BCUT2D eigenvalue weighted by molar-refractivity contribution is 0.190. The quantitative estimate of drug-likeness (QED) is 0.462. The van der Waals surface area contributed by atoms with Crippen LogP contribution in [0.25, 0.3) is 10.9 Å². The summed E-state index contributed by atoms with van der Waals surface area (Å²) in [5, 5.41) is 1.40. The predicted molar refractivity (Wildman–Crippen MR) is 94.1 cm³/mol. The molecule has 1 aromatic carbocycles. The molecule has 0 spiro atoms. The van der Waals surface area contributed by atoms with Gasteiger partial charge in [-0.25, -0.2) is 0 Å². The van der Waals surface area contributed by atoms with Crippen LogP contribution in [0, 0.1) is 0 Å². The van der Waals surface area contributed by atoms with Gasteiger partial charge in [0.1, 0.15) is 0 Å². The minimum Gasteiger partial charge on any atom is -0.357 e. The molecule has 2 heteroatoms. The van der Waals surface area contributed by atoms with Crippen LogP contribution in [0.3, 0.4) is 0 Å². The number of aromatic amines is 1. The molecule has 0 saturated carbocycles. The lowest BCUT2D eigenvalue weighted by Crippen LogP contribution is -2.35. The van der Waals surface area contributed by atoms with Gasteiger partial charge in [-0.3, -0.25) is 4.90 Å². The fourth-order valence-electron chi connectivity index (χ4n) is 3.60. The molecule has 1 aromatic heterocycles. The second-order valence-corrected chi connectivity index (χ2v) is 5.95. The van der Waals surface area contributed by atoms with E-state index < -0.39 is 0 Å². The highest BCUT2D eigenvalue weighted by Crippen LogP contribution is 2.36. The summed E-state index contributed by atoms with van der Waals surface area (Å²) in [6.45, 7) is 9.63. The maximum Gasteiger partial charge on any atom is 0.0505 e. The summed E-state index contributed by atoms with van der Waals surface area (Å²) < 4.78 is 0. The molecule has 1 atom stereocenters. The number of nitrogens with one attached hydrogen (secondary N) is 1. The van der Waals surface area contributed by atoms with E-state index in [1.165, 1.54) is 22.2 Å². The lowest BCUT2D eigenvalue weighted by atomic mass is 9.94. The van der Waals surface area contributed by atoms with Gasteiger partial charge in [-0.2, -0.15) is 0 Å². The summed E-state index contributed by atoms with van der Waals surface area (Å²) in [6, 6.07) is 9.13. The van der Waals surface area contributed by atoms with Gasteiger partial charge < -0.3 is 4.98 Å². The number of fused-ring (bicyclic) bond motifs is 3. The monoisotopic (exact) mass is 292 g/mol. The van der Waals surface area contributed by atoms with E-state index in [9.17, 15) is 0 Å². The van der Waals surface area contributed by atoms with Gasteiger partial charge in [0.2, 0.25) is 0 Å². The molecule has 0 unspecified atom stereocenters. The van der Waals surface area contributed by atoms with Crippen molar-refractivity contribution in [1.82, 2.24) is 9.88 Å².